The van der Waals surface area contributed by atoms with Gasteiger partial charge in [0.25, 0.3) is 6.71 Å². The Bertz CT molecular complexity index is 2640. The molecule has 11 rings (SSSR count). The maximum Gasteiger partial charge on any atom is 0.252 e. The van der Waals surface area contributed by atoms with Crippen molar-refractivity contribution in [1.82, 2.24) is 0 Å². The number of anilines is 8. The summed E-state index contributed by atoms with van der Waals surface area (Å²) in [6.07, 6.45) is 4.67. The summed E-state index contributed by atoms with van der Waals surface area (Å²) in [5, 5.41) is 0. The van der Waals surface area contributed by atoms with Gasteiger partial charge in [-0.2, -0.15) is 0 Å². The lowest BCUT2D eigenvalue weighted by Gasteiger charge is -2.44. The highest BCUT2D eigenvalue weighted by molar-refractivity contribution is 7.00. The van der Waals surface area contributed by atoms with Crippen LogP contribution in [-0.4, -0.2) is 6.71 Å². The standard InChI is InChI=1S/C49H36BN3O/c1-33-30-38(32-47-48(33)39-22-11-14-27-46(39)54-47)51(34-16-5-2-6-17-34)37-28-29-41-45(31-37)53(36-20-9-4-10-21-36)44-26-15-25-43-49(44)50(41)40-23-12-13-24-42(40)52(43)35-18-7-3-8-19-35/h2-33,48H,1H3. The van der Waals surface area contributed by atoms with Gasteiger partial charge in [0.1, 0.15) is 11.5 Å². The lowest BCUT2D eigenvalue weighted by atomic mass is 9.33. The number of para-hydroxylation sites is 5. The zero-order valence-electron chi connectivity index (χ0n) is 29.9. The summed E-state index contributed by atoms with van der Waals surface area (Å²) in [5.74, 6) is 2.44. The molecule has 0 aromatic heterocycles. The van der Waals surface area contributed by atoms with Crippen LogP contribution in [0.1, 0.15) is 18.4 Å². The molecule has 3 aliphatic heterocycles. The average molecular weight is 694 g/mol. The van der Waals surface area contributed by atoms with E-state index in [4.69, 9.17) is 4.74 Å². The molecule has 0 saturated heterocycles. The van der Waals surface area contributed by atoms with Crippen molar-refractivity contribution in [1.29, 1.82) is 0 Å². The minimum atomic E-state index is 0.0590. The number of hydrogen-bond acceptors (Lipinski definition) is 4. The van der Waals surface area contributed by atoms with Crippen molar-refractivity contribution < 1.29 is 4.74 Å². The zero-order chi connectivity index (χ0) is 35.8. The average Bonchev–Trinajstić information content (AvgIpc) is 3.61. The van der Waals surface area contributed by atoms with Crippen LogP contribution in [0.5, 0.6) is 5.75 Å². The molecule has 0 fully saturated rings. The van der Waals surface area contributed by atoms with Crippen molar-refractivity contribution in [3.63, 3.8) is 0 Å². The quantitative estimate of drug-likeness (QED) is 0.167. The molecule has 0 spiro atoms. The summed E-state index contributed by atoms with van der Waals surface area (Å²) >= 11 is 0. The Balaban J connectivity index is 1.12. The van der Waals surface area contributed by atoms with Crippen molar-refractivity contribution >= 4 is 68.6 Å². The Labute approximate surface area is 316 Å². The van der Waals surface area contributed by atoms with E-state index < -0.39 is 0 Å². The molecule has 7 aromatic carbocycles. The van der Waals surface area contributed by atoms with E-state index in [-0.39, 0.29) is 18.5 Å². The largest absolute Gasteiger partial charge is 0.461 e. The predicted molar refractivity (Wildman–Crippen MR) is 224 cm³/mol. The molecule has 7 aromatic rings. The first kappa shape index (κ1) is 30.9. The lowest BCUT2D eigenvalue weighted by Crippen LogP contribution is -2.61. The predicted octanol–water partition coefficient (Wildman–Crippen LogP) is 10.5. The highest BCUT2D eigenvalue weighted by Crippen LogP contribution is 2.50. The Morgan fingerprint density at radius 1 is 0.537 bits per heavy atom. The molecule has 2 unspecified atom stereocenters. The molecule has 256 valence electrons. The number of rotatable bonds is 5. The number of allylic oxidation sites excluding steroid dienone is 3. The van der Waals surface area contributed by atoms with Crippen molar-refractivity contribution in [2.45, 2.75) is 12.8 Å². The molecule has 0 radical (unpaired) electrons. The molecule has 54 heavy (non-hydrogen) atoms. The van der Waals surface area contributed by atoms with Gasteiger partial charge in [0.15, 0.2) is 0 Å². The minimum Gasteiger partial charge on any atom is -0.461 e. The summed E-state index contributed by atoms with van der Waals surface area (Å²) in [5.41, 5.74) is 15.6. The second-order valence-corrected chi connectivity index (χ2v) is 14.6. The molecule has 0 amide bonds. The number of ether oxygens (including phenoxy) is 1. The smallest absolute Gasteiger partial charge is 0.252 e. The first-order chi connectivity index (χ1) is 26.7. The molecule has 0 N–H and O–H groups in total. The molecule has 1 aliphatic carbocycles. The fourth-order valence-electron chi connectivity index (χ4n) is 9.28. The van der Waals surface area contributed by atoms with Crippen LogP contribution in [-0.2, 0) is 0 Å². The maximum absolute atomic E-state index is 6.54. The third kappa shape index (κ3) is 4.64. The van der Waals surface area contributed by atoms with Gasteiger partial charge in [-0.25, -0.2) is 0 Å². The highest BCUT2D eigenvalue weighted by atomic mass is 16.5. The number of hydrogen-bond donors (Lipinski definition) is 0. The second kappa shape index (κ2) is 12.2. The second-order valence-electron chi connectivity index (χ2n) is 14.6. The van der Waals surface area contributed by atoms with E-state index in [1.165, 1.54) is 44.7 Å². The minimum absolute atomic E-state index is 0.0590. The van der Waals surface area contributed by atoms with E-state index in [2.05, 4.69) is 210 Å². The van der Waals surface area contributed by atoms with Gasteiger partial charge in [-0.15, -0.1) is 0 Å². The monoisotopic (exact) mass is 693 g/mol. The molecule has 0 bridgehead atoms. The summed E-state index contributed by atoms with van der Waals surface area (Å²) in [6, 6.07) is 63.6. The molecule has 0 saturated carbocycles. The number of fused-ring (bicyclic) bond motifs is 7. The Kier molecular flexibility index (Phi) is 6.96. The fourth-order valence-corrected chi connectivity index (χ4v) is 9.28. The van der Waals surface area contributed by atoms with Gasteiger partial charge in [0.2, 0.25) is 0 Å². The third-order valence-electron chi connectivity index (χ3n) is 11.5. The van der Waals surface area contributed by atoms with Gasteiger partial charge >= 0.3 is 0 Å². The van der Waals surface area contributed by atoms with Crippen LogP contribution in [0.25, 0.3) is 0 Å². The van der Waals surface area contributed by atoms with Crippen LogP contribution in [0.15, 0.2) is 200 Å². The van der Waals surface area contributed by atoms with Crippen molar-refractivity contribution in [2.75, 3.05) is 14.7 Å². The van der Waals surface area contributed by atoms with E-state index in [9.17, 15) is 0 Å². The van der Waals surface area contributed by atoms with E-state index in [0.29, 0.717) is 0 Å². The van der Waals surface area contributed by atoms with Gasteiger partial charge in [0, 0.05) is 62.8 Å². The van der Waals surface area contributed by atoms with Gasteiger partial charge in [-0.3, -0.25) is 0 Å². The van der Waals surface area contributed by atoms with E-state index >= 15 is 0 Å². The first-order valence-corrected chi connectivity index (χ1v) is 18.8. The third-order valence-corrected chi connectivity index (χ3v) is 11.5. The van der Waals surface area contributed by atoms with Gasteiger partial charge in [-0.05, 0) is 95.1 Å². The van der Waals surface area contributed by atoms with Crippen LogP contribution in [0.4, 0.5) is 45.5 Å². The summed E-state index contributed by atoms with van der Waals surface area (Å²) < 4.78 is 6.54. The summed E-state index contributed by atoms with van der Waals surface area (Å²) in [4.78, 5) is 7.30. The summed E-state index contributed by atoms with van der Waals surface area (Å²) in [7, 11) is 0. The normalized spacial score (nSPS) is 17.2. The number of nitrogens with zero attached hydrogens (tertiary/aromatic N) is 3. The van der Waals surface area contributed by atoms with Crippen LogP contribution in [0, 0.1) is 5.92 Å². The van der Waals surface area contributed by atoms with Gasteiger partial charge in [-0.1, -0.05) is 116 Å². The van der Waals surface area contributed by atoms with E-state index in [1.807, 2.05) is 0 Å². The molecule has 3 heterocycles. The van der Waals surface area contributed by atoms with Gasteiger partial charge < -0.3 is 19.4 Å². The Morgan fingerprint density at radius 3 is 1.87 bits per heavy atom. The van der Waals surface area contributed by atoms with E-state index in [1.54, 1.807) is 0 Å². The zero-order valence-corrected chi connectivity index (χ0v) is 29.9. The molecule has 4 nitrogen and oxygen atoms in total. The Morgan fingerprint density at radius 2 is 1.13 bits per heavy atom. The molecular weight excluding hydrogens is 657 g/mol. The van der Waals surface area contributed by atoms with E-state index in [0.717, 1.165) is 40.0 Å². The van der Waals surface area contributed by atoms with Crippen LogP contribution < -0.4 is 35.8 Å². The van der Waals surface area contributed by atoms with Crippen LogP contribution in [0.3, 0.4) is 0 Å². The van der Waals surface area contributed by atoms with Crippen LogP contribution in [0.2, 0.25) is 0 Å². The van der Waals surface area contributed by atoms with Crippen LogP contribution >= 0.6 is 0 Å². The first-order valence-electron chi connectivity index (χ1n) is 18.8. The van der Waals surface area contributed by atoms with Crippen molar-refractivity contribution in [3.05, 3.63) is 205 Å². The lowest BCUT2D eigenvalue weighted by molar-refractivity contribution is 0.402. The SMILES string of the molecule is CC1C=C(N(c2ccccc2)c2ccc3c(c2)N(c2ccccc2)c2cccc4c2B3c2ccccc2N4c2ccccc2)C=C2Oc3ccccc3C21. The topological polar surface area (TPSA) is 19.0 Å². The maximum atomic E-state index is 6.54. The number of benzene rings is 7. The summed E-state index contributed by atoms with van der Waals surface area (Å²) in [6.45, 7) is 2.37. The Hall–Kier alpha value is -6.72. The molecule has 4 aliphatic rings. The highest BCUT2D eigenvalue weighted by Gasteiger charge is 2.43. The molecule has 2 atom stereocenters. The molecule has 5 heteroatoms. The van der Waals surface area contributed by atoms with Crippen molar-refractivity contribution in [3.8, 4) is 5.75 Å². The van der Waals surface area contributed by atoms with Gasteiger partial charge in [0.05, 0.1) is 5.92 Å². The molecular formula is C49H36BN3O. The van der Waals surface area contributed by atoms with Crippen molar-refractivity contribution in [2.24, 2.45) is 5.92 Å². The fraction of sp³-hybridized carbons (Fsp3) is 0.0612.